The van der Waals surface area contributed by atoms with Gasteiger partial charge in [-0.3, -0.25) is 18.6 Å². The van der Waals surface area contributed by atoms with Gasteiger partial charge in [0, 0.05) is 12.8 Å². The first-order valence-electron chi connectivity index (χ1n) is 29.4. The van der Waals surface area contributed by atoms with Gasteiger partial charge in [0.25, 0.3) is 0 Å². The van der Waals surface area contributed by atoms with Crippen LogP contribution < -0.4 is 0 Å². The van der Waals surface area contributed by atoms with Gasteiger partial charge in [-0.15, -0.1) is 0 Å². The molecular formula is C58H115NO8P+. The summed E-state index contributed by atoms with van der Waals surface area (Å²) in [6.07, 6.45) is 58.5. The number of allylic oxidation sites excluding steroid dienone is 2. The van der Waals surface area contributed by atoms with E-state index in [2.05, 4.69) is 26.0 Å². The van der Waals surface area contributed by atoms with Crippen molar-refractivity contribution in [2.75, 3.05) is 47.5 Å². The summed E-state index contributed by atoms with van der Waals surface area (Å²) in [6, 6.07) is 0. The molecule has 0 radical (unpaired) electrons. The number of unbranched alkanes of at least 4 members (excludes halogenated alkanes) is 39. The van der Waals surface area contributed by atoms with Crippen molar-refractivity contribution in [2.24, 2.45) is 0 Å². The molecule has 0 aromatic carbocycles. The summed E-state index contributed by atoms with van der Waals surface area (Å²) in [5, 5.41) is 0. The van der Waals surface area contributed by atoms with Crippen molar-refractivity contribution < 1.29 is 42.1 Å². The third-order valence-corrected chi connectivity index (χ3v) is 14.3. The van der Waals surface area contributed by atoms with Crippen molar-refractivity contribution in [2.45, 2.75) is 302 Å². The van der Waals surface area contributed by atoms with Crippen LogP contribution in [0.5, 0.6) is 0 Å². The van der Waals surface area contributed by atoms with Gasteiger partial charge >= 0.3 is 19.8 Å². The van der Waals surface area contributed by atoms with E-state index in [0.717, 1.165) is 32.1 Å². The molecule has 0 aliphatic carbocycles. The van der Waals surface area contributed by atoms with Gasteiger partial charge in [-0.25, -0.2) is 4.57 Å². The predicted molar refractivity (Wildman–Crippen MR) is 289 cm³/mol. The van der Waals surface area contributed by atoms with Crippen molar-refractivity contribution in [1.29, 1.82) is 0 Å². The smallest absolute Gasteiger partial charge is 0.462 e. The van der Waals surface area contributed by atoms with Crippen molar-refractivity contribution >= 4 is 19.8 Å². The van der Waals surface area contributed by atoms with E-state index in [1.54, 1.807) is 0 Å². The summed E-state index contributed by atoms with van der Waals surface area (Å²) < 4.78 is 34.6. The van der Waals surface area contributed by atoms with Crippen LogP contribution in [0.3, 0.4) is 0 Å². The molecule has 0 aromatic rings. The number of hydrogen-bond donors (Lipinski definition) is 1. The maximum absolute atomic E-state index is 12.8. The normalized spacial score (nSPS) is 13.3. The van der Waals surface area contributed by atoms with Crippen molar-refractivity contribution in [3.63, 3.8) is 0 Å². The van der Waals surface area contributed by atoms with E-state index < -0.39 is 26.5 Å². The van der Waals surface area contributed by atoms with Gasteiger partial charge in [-0.2, -0.15) is 0 Å². The number of carbonyl (C=O) groups excluding carboxylic acids is 2. The van der Waals surface area contributed by atoms with Gasteiger partial charge in [-0.05, 0) is 38.5 Å². The highest BCUT2D eigenvalue weighted by atomic mass is 31.2. The second-order valence-corrected chi connectivity index (χ2v) is 22.8. The fraction of sp³-hybridized carbons (Fsp3) is 0.931. The lowest BCUT2D eigenvalue weighted by Crippen LogP contribution is -2.37. The first-order chi connectivity index (χ1) is 33.0. The third-order valence-electron chi connectivity index (χ3n) is 13.3. The van der Waals surface area contributed by atoms with Crippen molar-refractivity contribution in [1.82, 2.24) is 0 Å². The molecular weight excluding hydrogens is 870 g/mol. The number of ether oxygens (including phenoxy) is 2. The average Bonchev–Trinajstić information content (AvgIpc) is 3.30. The standard InChI is InChI=1S/C58H114NO8P/c1-6-8-10-12-14-16-18-20-22-24-26-27-28-29-30-31-33-35-37-39-41-43-45-47-49-51-58(61)67-56(55-66-68(62,63)65-53-52-59(3,4)5)54-64-57(60)50-48-46-44-42-40-38-36-34-32-25-23-21-19-17-15-13-11-9-7-2/h24,26,56H,6-23,25,27-55H2,1-5H3/p+1/b26-24-. The van der Waals surface area contributed by atoms with E-state index in [1.165, 1.54) is 231 Å². The van der Waals surface area contributed by atoms with Crippen molar-refractivity contribution in [3.05, 3.63) is 12.2 Å². The summed E-state index contributed by atoms with van der Waals surface area (Å²) in [5.74, 6) is -0.778. The minimum atomic E-state index is -4.38. The van der Waals surface area contributed by atoms with E-state index in [0.29, 0.717) is 23.9 Å². The number of phosphoric acid groups is 1. The molecule has 0 spiro atoms. The van der Waals surface area contributed by atoms with Crippen LogP contribution in [0.25, 0.3) is 0 Å². The maximum Gasteiger partial charge on any atom is 0.472 e. The van der Waals surface area contributed by atoms with Crippen LogP contribution in [-0.2, 0) is 32.7 Å². The number of esters is 2. The van der Waals surface area contributed by atoms with Crippen LogP contribution >= 0.6 is 7.82 Å². The zero-order chi connectivity index (χ0) is 49.9. The van der Waals surface area contributed by atoms with Gasteiger partial charge < -0.3 is 18.9 Å². The lowest BCUT2D eigenvalue weighted by atomic mass is 10.0. The Morgan fingerprint density at radius 2 is 0.750 bits per heavy atom. The molecule has 0 bridgehead atoms. The Hall–Kier alpha value is -1.25. The molecule has 2 unspecified atom stereocenters. The van der Waals surface area contributed by atoms with Gasteiger partial charge in [0.15, 0.2) is 6.10 Å². The van der Waals surface area contributed by atoms with Crippen LogP contribution in [-0.4, -0.2) is 74.9 Å². The van der Waals surface area contributed by atoms with E-state index in [9.17, 15) is 19.0 Å². The number of rotatable bonds is 55. The summed E-state index contributed by atoms with van der Waals surface area (Å²) in [7, 11) is 1.50. The molecule has 0 aliphatic heterocycles. The van der Waals surface area contributed by atoms with Gasteiger partial charge in [0.1, 0.15) is 19.8 Å². The molecule has 68 heavy (non-hydrogen) atoms. The first kappa shape index (κ1) is 66.8. The molecule has 0 saturated carbocycles. The Balaban J connectivity index is 4.11. The Morgan fingerprint density at radius 1 is 0.441 bits per heavy atom. The zero-order valence-corrected chi connectivity index (χ0v) is 46.8. The Bertz CT molecular complexity index is 1160. The van der Waals surface area contributed by atoms with Crippen LogP contribution in [0.4, 0.5) is 0 Å². The molecule has 2 atom stereocenters. The fourth-order valence-corrected chi connectivity index (χ4v) is 9.46. The van der Waals surface area contributed by atoms with E-state index in [4.69, 9.17) is 18.5 Å². The van der Waals surface area contributed by atoms with E-state index in [-0.39, 0.29) is 25.6 Å². The monoisotopic (exact) mass is 985 g/mol. The van der Waals surface area contributed by atoms with Gasteiger partial charge in [0.05, 0.1) is 27.7 Å². The Kier molecular flexibility index (Phi) is 49.8. The number of hydrogen-bond acceptors (Lipinski definition) is 7. The summed E-state index contributed by atoms with van der Waals surface area (Å²) in [4.78, 5) is 35.7. The number of quaternary nitrogens is 1. The average molecular weight is 986 g/mol. The summed E-state index contributed by atoms with van der Waals surface area (Å²) >= 11 is 0. The third kappa shape index (κ3) is 54.1. The maximum atomic E-state index is 12.8. The van der Waals surface area contributed by atoms with Crippen LogP contribution in [0.15, 0.2) is 12.2 Å². The zero-order valence-electron chi connectivity index (χ0n) is 45.9. The topological polar surface area (TPSA) is 108 Å². The van der Waals surface area contributed by atoms with Crippen LogP contribution in [0.2, 0.25) is 0 Å². The highest BCUT2D eigenvalue weighted by Crippen LogP contribution is 2.43. The highest BCUT2D eigenvalue weighted by molar-refractivity contribution is 7.47. The highest BCUT2D eigenvalue weighted by Gasteiger charge is 2.27. The number of nitrogens with zero attached hydrogens (tertiary/aromatic N) is 1. The summed E-state index contributed by atoms with van der Waals surface area (Å²) in [5.41, 5.74) is 0. The molecule has 0 heterocycles. The fourth-order valence-electron chi connectivity index (χ4n) is 8.72. The molecule has 1 N–H and O–H groups in total. The Morgan fingerprint density at radius 3 is 1.09 bits per heavy atom. The molecule has 9 nitrogen and oxygen atoms in total. The number of likely N-dealkylation sites (N-methyl/N-ethyl adjacent to an activating group) is 1. The molecule has 0 amide bonds. The molecule has 0 aliphatic rings. The number of carbonyl (C=O) groups is 2. The molecule has 10 heteroatoms. The second-order valence-electron chi connectivity index (χ2n) is 21.4. The minimum absolute atomic E-state index is 0.0358. The predicted octanol–water partition coefficient (Wildman–Crippen LogP) is 18.0. The molecule has 0 aromatic heterocycles. The molecule has 404 valence electrons. The van der Waals surface area contributed by atoms with Crippen molar-refractivity contribution in [3.8, 4) is 0 Å². The van der Waals surface area contributed by atoms with Gasteiger partial charge in [-0.1, -0.05) is 257 Å². The largest absolute Gasteiger partial charge is 0.472 e. The molecule has 0 saturated heterocycles. The lowest BCUT2D eigenvalue weighted by Gasteiger charge is -2.24. The van der Waals surface area contributed by atoms with Crippen LogP contribution in [0, 0.1) is 0 Å². The van der Waals surface area contributed by atoms with Crippen LogP contribution in [0.1, 0.15) is 296 Å². The SMILES string of the molecule is CCCCCCCCCC/C=C\CCCCCCCCCCCCCCCC(=O)OC(COC(=O)CCCCCCCCCCCCCCCCCCCCC)COP(=O)(O)OCC[N+](C)(C)C. The van der Waals surface area contributed by atoms with Gasteiger partial charge in [0.2, 0.25) is 0 Å². The Labute approximate surface area is 422 Å². The second kappa shape index (κ2) is 50.7. The minimum Gasteiger partial charge on any atom is -0.462 e. The number of phosphoric ester groups is 1. The quantitative estimate of drug-likeness (QED) is 0.0211. The van der Waals surface area contributed by atoms with E-state index in [1.807, 2.05) is 21.1 Å². The van der Waals surface area contributed by atoms with E-state index >= 15 is 0 Å². The molecule has 0 fully saturated rings. The molecule has 0 rings (SSSR count). The first-order valence-corrected chi connectivity index (χ1v) is 30.9. The lowest BCUT2D eigenvalue weighted by molar-refractivity contribution is -0.870. The summed E-state index contributed by atoms with van der Waals surface area (Å²) in [6.45, 7) is 4.50.